The first kappa shape index (κ1) is 12.4. The molecule has 1 aromatic rings. The molecule has 4 N–H and O–H groups in total. The average Bonchev–Trinajstić information content (AvgIpc) is 2.25. The molecule has 1 heterocycles. The van der Waals surface area contributed by atoms with Crippen molar-refractivity contribution in [3.63, 3.8) is 0 Å². The lowest BCUT2D eigenvalue weighted by atomic mass is 9.80. The fraction of sp³-hybridized carbons (Fsp3) is 0.636. The maximum Gasteiger partial charge on any atom is 0.191 e. The van der Waals surface area contributed by atoms with Crippen LogP contribution in [0.25, 0.3) is 0 Å². The van der Waals surface area contributed by atoms with Gasteiger partial charge < -0.3 is 10.7 Å². The molecule has 1 aliphatic carbocycles. The normalized spacial score (nSPS) is 17.4. The number of hydrogen-bond acceptors (Lipinski definition) is 6. The molecule has 1 unspecified atom stereocenters. The van der Waals surface area contributed by atoms with E-state index in [1.807, 2.05) is 12.3 Å². The molecule has 1 aromatic heterocycles. The Balaban J connectivity index is 2.07. The zero-order chi connectivity index (χ0) is 12.3. The zero-order valence-corrected chi connectivity index (χ0v) is 11.0. The Morgan fingerprint density at radius 3 is 2.65 bits per heavy atom. The van der Waals surface area contributed by atoms with Crippen LogP contribution >= 0.6 is 11.8 Å². The Hall–Kier alpha value is -1.01. The van der Waals surface area contributed by atoms with E-state index in [2.05, 4.69) is 27.6 Å². The van der Waals surface area contributed by atoms with Crippen molar-refractivity contribution in [2.24, 2.45) is 11.8 Å². The van der Waals surface area contributed by atoms with Crippen LogP contribution < -0.4 is 16.6 Å². The number of hydrazine groups is 1. The smallest absolute Gasteiger partial charge is 0.191 e. The number of anilines is 2. The predicted octanol–water partition coefficient (Wildman–Crippen LogP) is 2.08. The van der Waals surface area contributed by atoms with Gasteiger partial charge in [-0.1, -0.05) is 18.2 Å². The first-order chi connectivity index (χ1) is 8.22. The van der Waals surface area contributed by atoms with Crippen molar-refractivity contribution in [3.8, 4) is 0 Å². The van der Waals surface area contributed by atoms with Crippen molar-refractivity contribution >= 4 is 23.4 Å². The minimum absolute atomic E-state index is 0.457. The van der Waals surface area contributed by atoms with Crippen LogP contribution in [0.4, 0.5) is 11.6 Å². The third-order valence-electron chi connectivity index (χ3n) is 3.27. The highest BCUT2D eigenvalue weighted by atomic mass is 32.2. The van der Waals surface area contributed by atoms with Crippen LogP contribution in [0.3, 0.4) is 0 Å². The number of rotatable bonds is 5. The van der Waals surface area contributed by atoms with E-state index >= 15 is 0 Å². The highest BCUT2D eigenvalue weighted by Gasteiger charge is 2.24. The summed E-state index contributed by atoms with van der Waals surface area (Å²) in [6.45, 7) is 2.21. The number of nitrogens with zero attached hydrogens (tertiary/aromatic N) is 2. The lowest BCUT2D eigenvalue weighted by molar-refractivity contribution is 0.285. The summed E-state index contributed by atoms with van der Waals surface area (Å²) in [5, 5.41) is 4.16. The monoisotopic (exact) mass is 253 g/mol. The second kappa shape index (κ2) is 5.55. The molecule has 2 rings (SSSR count). The van der Waals surface area contributed by atoms with Crippen LogP contribution in [0, 0.1) is 5.92 Å². The van der Waals surface area contributed by atoms with Gasteiger partial charge in [-0.15, -0.1) is 0 Å². The number of nitrogen functional groups attached to an aromatic ring is 1. The molecule has 1 aliphatic rings. The summed E-state index contributed by atoms with van der Waals surface area (Å²) in [6.07, 6.45) is 5.94. The summed E-state index contributed by atoms with van der Waals surface area (Å²) < 4.78 is 0. The summed E-state index contributed by atoms with van der Waals surface area (Å²) in [5.74, 6) is 7.66. The molecule has 0 amide bonds. The summed E-state index contributed by atoms with van der Waals surface area (Å²) in [6, 6.07) is 2.30. The van der Waals surface area contributed by atoms with E-state index in [0.29, 0.717) is 11.9 Å². The van der Waals surface area contributed by atoms with E-state index in [-0.39, 0.29) is 0 Å². The Kier molecular flexibility index (Phi) is 4.06. The second-order valence-electron chi connectivity index (χ2n) is 4.39. The van der Waals surface area contributed by atoms with Crippen molar-refractivity contribution in [3.05, 3.63) is 6.07 Å². The third kappa shape index (κ3) is 3.01. The average molecular weight is 253 g/mol. The molecular formula is C11H19N5S. The van der Waals surface area contributed by atoms with Crippen LogP contribution in [-0.2, 0) is 0 Å². The molecule has 0 saturated heterocycles. The zero-order valence-electron chi connectivity index (χ0n) is 10.2. The van der Waals surface area contributed by atoms with Gasteiger partial charge in [0.25, 0.3) is 0 Å². The first-order valence-corrected chi connectivity index (χ1v) is 7.11. The molecular weight excluding hydrogens is 234 g/mol. The van der Waals surface area contributed by atoms with E-state index in [9.17, 15) is 0 Å². The van der Waals surface area contributed by atoms with E-state index in [0.717, 1.165) is 16.9 Å². The second-order valence-corrected chi connectivity index (χ2v) is 5.17. The summed E-state index contributed by atoms with van der Waals surface area (Å²) >= 11 is 1.51. The standard InChI is InChI=1S/C11H19N5S/c1-7(8-4-3-5-8)13-9-6-10(16-12)15-11(14-9)17-2/h6-8H,3-5,12H2,1-2H3,(H2,13,14,15,16). The van der Waals surface area contributed by atoms with Gasteiger partial charge in [-0.25, -0.2) is 15.8 Å². The fourth-order valence-electron chi connectivity index (χ4n) is 1.96. The SMILES string of the molecule is CSc1nc(NN)cc(NC(C)C2CCC2)n1. The van der Waals surface area contributed by atoms with Gasteiger partial charge in [-0.05, 0) is 31.9 Å². The Bertz CT molecular complexity index is 358. The van der Waals surface area contributed by atoms with E-state index < -0.39 is 0 Å². The summed E-state index contributed by atoms with van der Waals surface area (Å²) in [5.41, 5.74) is 2.57. The van der Waals surface area contributed by atoms with Gasteiger partial charge in [0.05, 0.1) is 0 Å². The third-order valence-corrected chi connectivity index (χ3v) is 3.82. The van der Waals surface area contributed by atoms with Gasteiger partial charge in [-0.3, -0.25) is 0 Å². The van der Waals surface area contributed by atoms with Crippen molar-refractivity contribution in [2.45, 2.75) is 37.4 Å². The molecule has 17 heavy (non-hydrogen) atoms. The number of nitrogens with one attached hydrogen (secondary N) is 2. The van der Waals surface area contributed by atoms with E-state index in [4.69, 9.17) is 5.84 Å². The predicted molar refractivity (Wildman–Crippen MR) is 72.0 cm³/mol. The van der Waals surface area contributed by atoms with Gasteiger partial charge in [0.2, 0.25) is 0 Å². The maximum atomic E-state index is 5.39. The Labute approximate surface area is 106 Å². The molecule has 6 heteroatoms. The number of thioether (sulfide) groups is 1. The molecule has 1 fully saturated rings. The molecule has 1 atom stereocenters. The highest BCUT2D eigenvalue weighted by molar-refractivity contribution is 7.98. The Morgan fingerprint density at radius 2 is 2.12 bits per heavy atom. The highest BCUT2D eigenvalue weighted by Crippen LogP contribution is 2.31. The minimum Gasteiger partial charge on any atom is -0.367 e. The molecule has 94 valence electrons. The van der Waals surface area contributed by atoms with Crippen molar-refractivity contribution < 1.29 is 0 Å². The minimum atomic E-state index is 0.457. The maximum absolute atomic E-state index is 5.39. The number of nitrogens with two attached hydrogens (primary N) is 1. The van der Waals surface area contributed by atoms with Crippen molar-refractivity contribution in [2.75, 3.05) is 17.0 Å². The molecule has 0 aromatic carbocycles. The van der Waals surface area contributed by atoms with Gasteiger partial charge in [-0.2, -0.15) is 0 Å². The van der Waals surface area contributed by atoms with Gasteiger partial charge >= 0.3 is 0 Å². The molecule has 1 saturated carbocycles. The Morgan fingerprint density at radius 1 is 1.41 bits per heavy atom. The molecule has 0 aliphatic heterocycles. The molecule has 0 bridgehead atoms. The van der Waals surface area contributed by atoms with Crippen LogP contribution in [0.1, 0.15) is 26.2 Å². The van der Waals surface area contributed by atoms with Crippen LogP contribution in [-0.4, -0.2) is 22.3 Å². The van der Waals surface area contributed by atoms with Crippen molar-refractivity contribution in [1.82, 2.24) is 9.97 Å². The fourth-order valence-corrected chi connectivity index (χ4v) is 2.33. The first-order valence-electron chi connectivity index (χ1n) is 5.89. The van der Waals surface area contributed by atoms with Crippen molar-refractivity contribution in [1.29, 1.82) is 0 Å². The summed E-state index contributed by atoms with van der Waals surface area (Å²) in [4.78, 5) is 8.66. The van der Waals surface area contributed by atoms with Gasteiger partial charge in [0.1, 0.15) is 11.6 Å². The van der Waals surface area contributed by atoms with Gasteiger partial charge in [0, 0.05) is 12.1 Å². The lowest BCUT2D eigenvalue weighted by Crippen LogP contribution is -2.31. The largest absolute Gasteiger partial charge is 0.367 e. The van der Waals surface area contributed by atoms with Crippen LogP contribution in [0.15, 0.2) is 11.2 Å². The lowest BCUT2D eigenvalue weighted by Gasteiger charge is -2.32. The molecule has 0 spiro atoms. The molecule has 0 radical (unpaired) electrons. The van der Waals surface area contributed by atoms with Crippen LogP contribution in [0.5, 0.6) is 0 Å². The number of aromatic nitrogens is 2. The number of hydrogen-bond donors (Lipinski definition) is 3. The van der Waals surface area contributed by atoms with Crippen LogP contribution in [0.2, 0.25) is 0 Å². The molecule has 5 nitrogen and oxygen atoms in total. The summed E-state index contributed by atoms with van der Waals surface area (Å²) in [7, 11) is 0. The quantitative estimate of drug-likeness (QED) is 0.323. The van der Waals surface area contributed by atoms with E-state index in [1.165, 1.54) is 31.0 Å². The topological polar surface area (TPSA) is 75.9 Å². The van der Waals surface area contributed by atoms with Gasteiger partial charge in [0.15, 0.2) is 5.16 Å². The van der Waals surface area contributed by atoms with E-state index in [1.54, 1.807) is 0 Å².